The summed E-state index contributed by atoms with van der Waals surface area (Å²) in [5.41, 5.74) is 1.54. The van der Waals surface area contributed by atoms with Crippen molar-refractivity contribution in [3.05, 3.63) is 54.6 Å². The minimum Gasteiger partial charge on any atom is -0.459 e. The van der Waals surface area contributed by atoms with Gasteiger partial charge in [0.05, 0.1) is 12.2 Å². The van der Waals surface area contributed by atoms with E-state index in [9.17, 15) is 4.79 Å². The molecule has 1 aliphatic rings. The summed E-state index contributed by atoms with van der Waals surface area (Å²) in [6.45, 7) is 9.94. The summed E-state index contributed by atoms with van der Waals surface area (Å²) in [4.78, 5) is 11.5. The summed E-state index contributed by atoms with van der Waals surface area (Å²) >= 11 is 0. The van der Waals surface area contributed by atoms with Crippen LogP contribution in [0.15, 0.2) is 43.5 Å². The maximum absolute atomic E-state index is 11.5. The molecule has 0 aromatic heterocycles. The molecule has 1 atom stereocenters. The van der Waals surface area contributed by atoms with Crippen LogP contribution in [0.1, 0.15) is 22.8 Å². The minimum atomic E-state index is -0.305. The molecule has 0 bridgehead atoms. The predicted molar refractivity (Wildman–Crippen MR) is 72.4 cm³/mol. The van der Waals surface area contributed by atoms with Crippen LogP contribution in [0.4, 0.5) is 0 Å². The van der Waals surface area contributed by atoms with Gasteiger partial charge >= 0.3 is 5.97 Å². The number of ether oxygens (including phenoxy) is 2. The Morgan fingerprint density at radius 2 is 2.00 bits per heavy atom. The van der Waals surface area contributed by atoms with Crippen LogP contribution in [0.5, 0.6) is 0 Å². The largest absolute Gasteiger partial charge is 0.459 e. The van der Waals surface area contributed by atoms with Crippen LogP contribution < -0.4 is 0 Å². The molecular weight excluding hydrogens is 228 g/mol. The standard InChI is InChI=1S/C12H12O3.C3H6/c1-2-9-3-5-10(6-4-9)12(13)15-8-11-7-14-11;1-3-2/h2-6,11H,1,7-8H2;3H,1H2,2H3. The van der Waals surface area contributed by atoms with Gasteiger partial charge in [0.25, 0.3) is 0 Å². The van der Waals surface area contributed by atoms with E-state index in [1.54, 1.807) is 24.3 Å². The molecule has 1 aromatic rings. The average Bonchev–Trinajstić information content (AvgIpc) is 3.21. The lowest BCUT2D eigenvalue weighted by atomic mass is 10.1. The molecule has 3 heteroatoms. The number of carbonyl (C=O) groups is 1. The smallest absolute Gasteiger partial charge is 0.338 e. The minimum absolute atomic E-state index is 0.112. The monoisotopic (exact) mass is 246 g/mol. The van der Waals surface area contributed by atoms with Crippen molar-refractivity contribution >= 4 is 12.0 Å². The molecule has 0 aliphatic carbocycles. The molecule has 1 fully saturated rings. The first-order valence-corrected chi connectivity index (χ1v) is 5.79. The van der Waals surface area contributed by atoms with Crippen molar-refractivity contribution in [2.75, 3.05) is 13.2 Å². The summed E-state index contributed by atoms with van der Waals surface area (Å²) in [7, 11) is 0. The lowest BCUT2D eigenvalue weighted by molar-refractivity contribution is 0.0476. The Balaban J connectivity index is 0.000000492. The molecular formula is C15H18O3. The number of hydrogen-bond donors (Lipinski definition) is 0. The first kappa shape index (κ1) is 14.2. The van der Waals surface area contributed by atoms with E-state index in [0.717, 1.165) is 5.56 Å². The summed E-state index contributed by atoms with van der Waals surface area (Å²) < 4.78 is 9.98. The number of carbonyl (C=O) groups excluding carboxylic acids is 1. The highest BCUT2D eigenvalue weighted by Gasteiger charge is 2.24. The van der Waals surface area contributed by atoms with Gasteiger partial charge in [-0.2, -0.15) is 0 Å². The molecule has 0 N–H and O–H groups in total. The molecule has 0 saturated carbocycles. The number of allylic oxidation sites excluding steroid dienone is 1. The number of benzene rings is 1. The van der Waals surface area contributed by atoms with Crippen LogP contribution in [-0.4, -0.2) is 25.3 Å². The van der Waals surface area contributed by atoms with Crippen molar-refractivity contribution in [3.8, 4) is 0 Å². The van der Waals surface area contributed by atoms with Gasteiger partial charge in [-0.15, -0.1) is 6.58 Å². The molecule has 1 heterocycles. The van der Waals surface area contributed by atoms with E-state index >= 15 is 0 Å². The zero-order valence-electron chi connectivity index (χ0n) is 10.6. The quantitative estimate of drug-likeness (QED) is 0.465. The van der Waals surface area contributed by atoms with E-state index in [0.29, 0.717) is 18.8 Å². The zero-order valence-corrected chi connectivity index (χ0v) is 10.6. The summed E-state index contributed by atoms with van der Waals surface area (Å²) in [5.74, 6) is -0.305. The lowest BCUT2D eigenvalue weighted by Crippen LogP contribution is -2.09. The van der Waals surface area contributed by atoms with Crippen molar-refractivity contribution in [1.82, 2.24) is 0 Å². The molecule has 1 unspecified atom stereocenters. The Morgan fingerprint density at radius 1 is 1.44 bits per heavy atom. The second-order valence-electron chi connectivity index (χ2n) is 3.79. The Labute approximate surface area is 108 Å². The second kappa shape index (κ2) is 7.45. The third-order valence-corrected chi connectivity index (χ3v) is 2.18. The van der Waals surface area contributed by atoms with Gasteiger partial charge < -0.3 is 9.47 Å². The van der Waals surface area contributed by atoms with Crippen molar-refractivity contribution in [3.63, 3.8) is 0 Å². The lowest BCUT2D eigenvalue weighted by Gasteiger charge is -2.02. The fraction of sp³-hybridized carbons (Fsp3) is 0.267. The van der Waals surface area contributed by atoms with E-state index in [2.05, 4.69) is 13.2 Å². The number of hydrogen-bond acceptors (Lipinski definition) is 3. The Bertz CT molecular complexity index is 402. The SMILES string of the molecule is C=CC.C=Cc1ccc(C(=O)OCC2CO2)cc1. The topological polar surface area (TPSA) is 38.8 Å². The third-order valence-electron chi connectivity index (χ3n) is 2.18. The van der Waals surface area contributed by atoms with Gasteiger partial charge in [-0.3, -0.25) is 0 Å². The van der Waals surface area contributed by atoms with Crippen LogP contribution in [0.3, 0.4) is 0 Å². The molecule has 0 amide bonds. The molecule has 1 saturated heterocycles. The first-order chi connectivity index (χ1) is 8.71. The van der Waals surface area contributed by atoms with E-state index in [1.165, 1.54) is 0 Å². The van der Waals surface area contributed by atoms with Gasteiger partial charge in [-0.05, 0) is 24.6 Å². The maximum Gasteiger partial charge on any atom is 0.338 e. The normalized spacial score (nSPS) is 15.9. The average molecular weight is 246 g/mol. The van der Waals surface area contributed by atoms with Gasteiger partial charge in [0, 0.05) is 0 Å². The number of epoxide rings is 1. The first-order valence-electron chi connectivity index (χ1n) is 5.79. The molecule has 0 spiro atoms. The van der Waals surface area contributed by atoms with Crippen molar-refractivity contribution in [2.45, 2.75) is 13.0 Å². The van der Waals surface area contributed by atoms with E-state index in [4.69, 9.17) is 9.47 Å². The van der Waals surface area contributed by atoms with Crippen molar-refractivity contribution < 1.29 is 14.3 Å². The second-order valence-corrected chi connectivity index (χ2v) is 3.79. The van der Waals surface area contributed by atoms with Crippen LogP contribution in [-0.2, 0) is 9.47 Å². The van der Waals surface area contributed by atoms with Crippen molar-refractivity contribution in [2.24, 2.45) is 0 Å². The van der Waals surface area contributed by atoms with Crippen molar-refractivity contribution in [1.29, 1.82) is 0 Å². The fourth-order valence-electron chi connectivity index (χ4n) is 1.17. The summed E-state index contributed by atoms with van der Waals surface area (Å²) in [5, 5.41) is 0. The van der Waals surface area contributed by atoms with Gasteiger partial charge in [0.2, 0.25) is 0 Å². The Hall–Kier alpha value is -1.87. The number of rotatable bonds is 4. The molecule has 2 rings (SSSR count). The van der Waals surface area contributed by atoms with Crippen LogP contribution in [0.25, 0.3) is 6.08 Å². The highest BCUT2D eigenvalue weighted by Crippen LogP contribution is 2.11. The van der Waals surface area contributed by atoms with Crippen LogP contribution >= 0.6 is 0 Å². The van der Waals surface area contributed by atoms with E-state index in [1.807, 2.05) is 19.1 Å². The van der Waals surface area contributed by atoms with Gasteiger partial charge in [0.1, 0.15) is 12.7 Å². The van der Waals surface area contributed by atoms with E-state index in [-0.39, 0.29) is 12.1 Å². The van der Waals surface area contributed by atoms with Gasteiger partial charge in [-0.25, -0.2) is 4.79 Å². The van der Waals surface area contributed by atoms with E-state index < -0.39 is 0 Å². The predicted octanol–water partition coefficient (Wildman–Crippen LogP) is 3.08. The van der Waals surface area contributed by atoms with Crippen LogP contribution in [0.2, 0.25) is 0 Å². The zero-order chi connectivity index (χ0) is 13.4. The molecule has 1 aromatic carbocycles. The molecule has 3 nitrogen and oxygen atoms in total. The van der Waals surface area contributed by atoms with Gasteiger partial charge in [0.15, 0.2) is 0 Å². The molecule has 0 radical (unpaired) electrons. The molecule has 96 valence electrons. The molecule has 1 aliphatic heterocycles. The summed E-state index contributed by atoms with van der Waals surface area (Å²) in [6.07, 6.45) is 3.59. The summed E-state index contributed by atoms with van der Waals surface area (Å²) in [6, 6.07) is 7.12. The number of esters is 1. The highest BCUT2D eigenvalue weighted by atomic mass is 16.6. The van der Waals surface area contributed by atoms with Gasteiger partial charge in [-0.1, -0.05) is 30.9 Å². The van der Waals surface area contributed by atoms with Crippen LogP contribution in [0, 0.1) is 0 Å². The fourth-order valence-corrected chi connectivity index (χ4v) is 1.17. The highest BCUT2D eigenvalue weighted by molar-refractivity contribution is 5.89. The maximum atomic E-state index is 11.5. The Morgan fingerprint density at radius 3 is 2.44 bits per heavy atom. The molecule has 18 heavy (non-hydrogen) atoms. The third kappa shape index (κ3) is 4.97. The Kier molecular flexibility index (Phi) is 5.88.